The average Bonchev–Trinajstić information content (AvgIpc) is 3.54. The smallest absolute Gasteiger partial charge is 0.261 e. The lowest BCUT2D eigenvalue weighted by Gasteiger charge is -2.57. The van der Waals surface area contributed by atoms with Gasteiger partial charge in [0.2, 0.25) is 0 Å². The number of azide groups is 1. The minimum Gasteiger partial charge on any atom is -0.407 e. The Morgan fingerprint density at radius 3 is 2.06 bits per heavy atom. The summed E-state index contributed by atoms with van der Waals surface area (Å²) in [5.41, 5.74) is 6.83. The van der Waals surface area contributed by atoms with E-state index in [2.05, 4.69) is 55.1 Å². The van der Waals surface area contributed by atoms with Crippen LogP contribution in [0, 0.1) is 17.2 Å². The molecule has 12 nitrogen and oxygen atoms in total. The Labute approximate surface area is 277 Å². The number of aliphatic hydroxyl groups is 1. The van der Waals surface area contributed by atoms with Crippen molar-refractivity contribution in [3.63, 3.8) is 0 Å². The van der Waals surface area contributed by atoms with Gasteiger partial charge in [-0.1, -0.05) is 86.5 Å². The molecule has 0 radical (unpaired) electrons. The molecule has 5 rings (SSSR count). The number of rotatable bonds is 10. The summed E-state index contributed by atoms with van der Waals surface area (Å²) in [7, 11) is -1.70. The van der Waals surface area contributed by atoms with Crippen molar-refractivity contribution in [1.29, 1.82) is 5.26 Å². The van der Waals surface area contributed by atoms with E-state index in [1.807, 2.05) is 42.5 Å². The molecule has 1 spiro atoms. The van der Waals surface area contributed by atoms with E-state index < -0.39 is 66.4 Å². The van der Waals surface area contributed by atoms with Crippen LogP contribution in [0.2, 0.25) is 5.04 Å². The normalized spacial score (nSPS) is 31.9. The first kappa shape index (κ1) is 35.4. The van der Waals surface area contributed by atoms with Crippen LogP contribution in [0.3, 0.4) is 0 Å². The van der Waals surface area contributed by atoms with Crippen molar-refractivity contribution in [2.75, 3.05) is 27.1 Å². The van der Waals surface area contributed by atoms with Crippen molar-refractivity contribution >= 4 is 18.7 Å². The number of hydrogen-bond acceptors (Lipinski definition) is 10. The minimum atomic E-state index is -3.20. The molecule has 2 aromatic rings. The zero-order valence-electron chi connectivity index (χ0n) is 28.4. The lowest BCUT2D eigenvalue weighted by atomic mass is 9.60. The van der Waals surface area contributed by atoms with Crippen LogP contribution in [0.15, 0.2) is 65.8 Å². The number of hydrogen-bond donors (Lipinski definition) is 1. The predicted molar refractivity (Wildman–Crippen MR) is 175 cm³/mol. The van der Waals surface area contributed by atoms with E-state index >= 15 is 0 Å². The van der Waals surface area contributed by atoms with Gasteiger partial charge in [0.15, 0.2) is 23.3 Å². The van der Waals surface area contributed by atoms with Crippen LogP contribution >= 0.6 is 0 Å². The summed E-state index contributed by atoms with van der Waals surface area (Å²) in [6.07, 6.45) is -4.97. The van der Waals surface area contributed by atoms with Crippen molar-refractivity contribution in [3.05, 3.63) is 71.1 Å². The Morgan fingerprint density at radius 2 is 1.60 bits per heavy atom. The van der Waals surface area contributed by atoms with E-state index in [1.54, 1.807) is 27.7 Å². The van der Waals surface area contributed by atoms with E-state index in [-0.39, 0.29) is 20.0 Å². The van der Waals surface area contributed by atoms with E-state index in [9.17, 15) is 15.9 Å². The highest BCUT2D eigenvalue weighted by atomic mass is 28.4. The van der Waals surface area contributed by atoms with Crippen LogP contribution in [0.5, 0.6) is 0 Å². The number of benzene rings is 2. The summed E-state index contributed by atoms with van der Waals surface area (Å²) in [5.74, 6) is -3.27. The molecule has 2 aromatic carbocycles. The van der Waals surface area contributed by atoms with Crippen molar-refractivity contribution < 1.29 is 38.0 Å². The highest BCUT2D eigenvalue weighted by molar-refractivity contribution is 6.99. The topological polar surface area (TPSA) is 157 Å². The van der Waals surface area contributed by atoms with Crippen molar-refractivity contribution in [1.82, 2.24) is 0 Å². The molecule has 3 fully saturated rings. The Morgan fingerprint density at radius 1 is 1.02 bits per heavy atom. The number of nitriles is 1. The second-order valence-corrected chi connectivity index (χ2v) is 18.7. The lowest BCUT2D eigenvalue weighted by molar-refractivity contribution is -0.282. The van der Waals surface area contributed by atoms with E-state index in [0.29, 0.717) is 0 Å². The number of methoxy groups -OCH3 is 1. The molecule has 7 atom stereocenters. The number of fused-ring (bicyclic) bond motifs is 2. The van der Waals surface area contributed by atoms with Gasteiger partial charge in [-0.2, -0.15) is 5.26 Å². The second-order valence-electron chi connectivity index (χ2n) is 14.4. The van der Waals surface area contributed by atoms with Gasteiger partial charge in [-0.25, -0.2) is 0 Å². The van der Waals surface area contributed by atoms with Crippen LogP contribution in [0.1, 0.15) is 48.5 Å². The van der Waals surface area contributed by atoms with Gasteiger partial charge < -0.3 is 38.0 Å². The van der Waals surface area contributed by atoms with Crippen LogP contribution in [0.4, 0.5) is 0 Å². The molecule has 254 valence electrons. The van der Waals surface area contributed by atoms with Gasteiger partial charge in [0.25, 0.3) is 8.32 Å². The van der Waals surface area contributed by atoms with Crippen LogP contribution < -0.4 is 10.4 Å². The first-order valence-corrected chi connectivity index (χ1v) is 17.7. The summed E-state index contributed by atoms with van der Waals surface area (Å²) in [4.78, 5) is 3.20. The van der Waals surface area contributed by atoms with Crippen molar-refractivity contribution in [2.24, 2.45) is 11.0 Å². The van der Waals surface area contributed by atoms with Crippen LogP contribution in [0.25, 0.3) is 10.4 Å². The fraction of sp³-hybridized carbons (Fsp3) is 0.618. The zero-order chi connectivity index (χ0) is 34.3. The summed E-state index contributed by atoms with van der Waals surface area (Å²) < 4.78 is 45.2. The summed E-state index contributed by atoms with van der Waals surface area (Å²) in [6, 6.07) is 22.1. The highest BCUT2D eigenvalue weighted by Crippen LogP contribution is 2.57. The first-order valence-electron chi connectivity index (χ1n) is 15.8. The first-order chi connectivity index (χ1) is 22.1. The van der Waals surface area contributed by atoms with Gasteiger partial charge in [0.1, 0.15) is 30.6 Å². The number of aliphatic hydroxyl groups excluding tert-OH is 1. The summed E-state index contributed by atoms with van der Waals surface area (Å²) in [6.45, 7) is 13.2. The molecular weight excluding hydrogens is 620 g/mol. The number of nitrogens with zero attached hydrogens (tertiary/aromatic N) is 4. The molecule has 2 heterocycles. The highest BCUT2D eigenvalue weighted by Gasteiger charge is 2.76. The van der Waals surface area contributed by atoms with Gasteiger partial charge >= 0.3 is 0 Å². The SMILES string of the molecule is COCO[C@@H]1[C@H](CO[Si](c2ccccc2)(c2ccccc2)C(C)(C)C)[C@](N=[N+]=[N-])([C@@H](O)C#N)[C@@H]2OC(C)(C)O[C@@H]2C12COC(C)(C)O2. The molecule has 2 saturated heterocycles. The fourth-order valence-electron chi connectivity index (χ4n) is 7.82. The third kappa shape index (κ3) is 5.91. The maximum atomic E-state index is 11.7. The van der Waals surface area contributed by atoms with Gasteiger partial charge in [-0.15, -0.1) is 0 Å². The largest absolute Gasteiger partial charge is 0.407 e. The monoisotopic (exact) mass is 666 g/mol. The molecule has 13 heteroatoms. The molecule has 3 aliphatic rings. The Kier molecular flexibility index (Phi) is 9.71. The van der Waals surface area contributed by atoms with Gasteiger partial charge in [0, 0.05) is 24.5 Å². The second kappa shape index (κ2) is 12.9. The Balaban J connectivity index is 1.77. The molecule has 1 unspecified atom stereocenters. The maximum Gasteiger partial charge on any atom is 0.261 e. The number of ether oxygens (including phenoxy) is 6. The summed E-state index contributed by atoms with van der Waals surface area (Å²) in [5, 5.41) is 27.9. The average molecular weight is 667 g/mol. The Hall–Kier alpha value is -2.86. The van der Waals surface area contributed by atoms with E-state index in [4.69, 9.17) is 32.8 Å². The maximum absolute atomic E-state index is 11.7. The third-order valence-corrected chi connectivity index (χ3v) is 14.6. The quantitative estimate of drug-likeness (QED) is 0.0982. The van der Waals surface area contributed by atoms with Gasteiger partial charge in [0.05, 0.1) is 12.7 Å². The predicted octanol–water partition coefficient (Wildman–Crippen LogP) is 4.16. The third-order valence-electron chi connectivity index (χ3n) is 9.60. The Bertz CT molecular complexity index is 1450. The lowest BCUT2D eigenvalue weighted by Crippen LogP contribution is -2.77. The molecule has 1 N–H and O–H groups in total. The van der Waals surface area contributed by atoms with Crippen LogP contribution in [-0.2, 0) is 32.8 Å². The fourth-order valence-corrected chi connectivity index (χ4v) is 12.4. The molecule has 1 aliphatic carbocycles. The van der Waals surface area contributed by atoms with E-state index in [0.717, 1.165) is 10.4 Å². The molecular formula is C34H46N4O8Si. The van der Waals surface area contributed by atoms with Crippen molar-refractivity contribution in [2.45, 2.75) is 101 Å². The van der Waals surface area contributed by atoms with Crippen LogP contribution in [-0.4, -0.2) is 87.7 Å². The summed E-state index contributed by atoms with van der Waals surface area (Å²) >= 11 is 0. The van der Waals surface area contributed by atoms with Gasteiger partial charge in [-0.05, 0) is 48.6 Å². The molecule has 47 heavy (non-hydrogen) atoms. The molecule has 0 aromatic heterocycles. The molecule has 2 aliphatic heterocycles. The van der Waals surface area contributed by atoms with E-state index in [1.165, 1.54) is 7.11 Å². The standard InChI is InChI=1S/C34H46N4O8Si/c1-30(2,3)47(23-15-11-9-12-16-23,24-17-13-10-14-18-24)43-20-25-27(41-22-40-8)33(21-42-31(4,5)46-33)28-29(45-32(6,7)44-28)34(25,37-38-36)26(39)19-35/h9-18,25-29,39H,20-22H2,1-8H3/t25-,26-,27+,28-,29+,33?,34-/m0/s1. The molecule has 0 bridgehead atoms. The van der Waals surface area contributed by atoms with Crippen molar-refractivity contribution in [3.8, 4) is 6.07 Å². The molecule has 0 amide bonds. The molecule has 1 saturated carbocycles. The van der Waals surface area contributed by atoms with Gasteiger partial charge in [-0.3, -0.25) is 0 Å². The minimum absolute atomic E-state index is 0.0275. The zero-order valence-corrected chi connectivity index (χ0v) is 29.4.